The van der Waals surface area contributed by atoms with Gasteiger partial charge in [0.05, 0.1) is 17.3 Å². The molecule has 2 aromatic rings. The molecule has 4 heteroatoms. The Morgan fingerprint density at radius 3 is 2.48 bits per heavy atom. The minimum Gasteiger partial charge on any atom is -0.474 e. The van der Waals surface area contributed by atoms with Gasteiger partial charge in [-0.3, -0.25) is 0 Å². The van der Waals surface area contributed by atoms with Crippen LogP contribution in [0, 0.1) is 11.3 Å². The maximum Gasteiger partial charge on any atom is 0.214 e. The molecule has 0 amide bonds. The van der Waals surface area contributed by atoms with E-state index in [9.17, 15) is 0 Å². The van der Waals surface area contributed by atoms with Crippen LogP contribution in [-0.4, -0.2) is 23.2 Å². The van der Waals surface area contributed by atoms with Gasteiger partial charge in [0.25, 0.3) is 0 Å². The van der Waals surface area contributed by atoms with Crippen LogP contribution in [0.4, 0.5) is 0 Å². The molecule has 2 atom stereocenters. The topological polar surface area (TPSA) is 57.9 Å². The van der Waals surface area contributed by atoms with E-state index < -0.39 is 0 Å². The normalized spacial score (nSPS) is 25.8. The summed E-state index contributed by atoms with van der Waals surface area (Å²) in [5.41, 5.74) is 2.54. The lowest BCUT2D eigenvalue weighted by Crippen LogP contribution is -2.42. The molecule has 116 valence electrons. The maximum absolute atomic E-state index is 8.88. The standard InChI is InChI=1S/C19H19N3O/c20-12-13-4-6-14(7-5-13)18-2-1-3-19(22-18)23-17-10-15-8-9-16(11-17)21-15/h1-7,15-17,21H,8-11H2. The zero-order chi connectivity index (χ0) is 15.6. The van der Waals surface area contributed by atoms with E-state index >= 15 is 0 Å². The Balaban J connectivity index is 1.50. The van der Waals surface area contributed by atoms with Crippen LogP contribution in [0.3, 0.4) is 0 Å². The molecule has 3 heterocycles. The zero-order valence-electron chi connectivity index (χ0n) is 12.9. The van der Waals surface area contributed by atoms with Crippen molar-refractivity contribution in [3.05, 3.63) is 48.0 Å². The van der Waals surface area contributed by atoms with Crippen LogP contribution in [0.5, 0.6) is 5.88 Å². The number of rotatable bonds is 3. The van der Waals surface area contributed by atoms with Crippen LogP contribution < -0.4 is 10.1 Å². The van der Waals surface area contributed by atoms with Crippen LogP contribution in [0.1, 0.15) is 31.2 Å². The highest BCUT2D eigenvalue weighted by atomic mass is 16.5. The number of nitrogens with one attached hydrogen (secondary N) is 1. The van der Waals surface area contributed by atoms with Gasteiger partial charge in [-0.25, -0.2) is 4.98 Å². The van der Waals surface area contributed by atoms with E-state index in [1.165, 1.54) is 12.8 Å². The first kappa shape index (κ1) is 14.2. The van der Waals surface area contributed by atoms with Crippen molar-refractivity contribution in [2.75, 3.05) is 0 Å². The summed E-state index contributed by atoms with van der Waals surface area (Å²) in [5, 5.41) is 12.5. The Morgan fingerprint density at radius 2 is 1.78 bits per heavy atom. The molecule has 2 aliphatic rings. The molecule has 0 spiro atoms. The average molecular weight is 305 g/mol. The summed E-state index contributed by atoms with van der Waals surface area (Å²) >= 11 is 0. The van der Waals surface area contributed by atoms with E-state index in [-0.39, 0.29) is 6.10 Å². The molecule has 2 fully saturated rings. The molecule has 23 heavy (non-hydrogen) atoms. The molecule has 0 saturated carbocycles. The van der Waals surface area contributed by atoms with Gasteiger partial charge < -0.3 is 10.1 Å². The number of nitrogens with zero attached hydrogens (tertiary/aromatic N) is 2. The van der Waals surface area contributed by atoms with Crippen molar-refractivity contribution in [2.45, 2.75) is 43.9 Å². The zero-order valence-corrected chi connectivity index (χ0v) is 12.9. The molecule has 1 N–H and O–H groups in total. The van der Waals surface area contributed by atoms with Crippen LogP contribution in [0.25, 0.3) is 11.3 Å². The third-order valence-electron chi connectivity index (χ3n) is 4.75. The summed E-state index contributed by atoms with van der Waals surface area (Å²) in [4.78, 5) is 4.64. The van der Waals surface area contributed by atoms with E-state index in [0.717, 1.165) is 24.1 Å². The van der Waals surface area contributed by atoms with Gasteiger partial charge in [0.2, 0.25) is 5.88 Å². The van der Waals surface area contributed by atoms with Gasteiger partial charge in [-0.05, 0) is 43.9 Å². The molecule has 4 nitrogen and oxygen atoms in total. The minimum atomic E-state index is 0.262. The first-order valence-corrected chi connectivity index (χ1v) is 8.20. The van der Waals surface area contributed by atoms with Gasteiger partial charge in [-0.15, -0.1) is 0 Å². The third-order valence-corrected chi connectivity index (χ3v) is 4.75. The summed E-state index contributed by atoms with van der Waals surface area (Å²) in [6, 6.07) is 16.7. The second-order valence-electron chi connectivity index (χ2n) is 6.40. The minimum absolute atomic E-state index is 0.262. The van der Waals surface area contributed by atoms with Crippen molar-refractivity contribution in [2.24, 2.45) is 0 Å². The summed E-state index contributed by atoms with van der Waals surface area (Å²) in [5.74, 6) is 0.693. The quantitative estimate of drug-likeness (QED) is 0.945. The second kappa shape index (κ2) is 6.02. The largest absolute Gasteiger partial charge is 0.474 e. The van der Waals surface area contributed by atoms with Gasteiger partial charge in [-0.1, -0.05) is 18.2 Å². The average Bonchev–Trinajstić information content (AvgIpc) is 2.94. The Labute approximate surface area is 136 Å². The predicted molar refractivity (Wildman–Crippen MR) is 88.0 cm³/mol. The highest BCUT2D eigenvalue weighted by Crippen LogP contribution is 2.29. The van der Waals surface area contributed by atoms with E-state index in [2.05, 4.69) is 16.4 Å². The Hall–Kier alpha value is -2.38. The summed E-state index contributed by atoms with van der Waals surface area (Å²) in [6.07, 6.45) is 4.93. The molecular weight excluding hydrogens is 286 g/mol. The number of fused-ring (bicyclic) bond motifs is 2. The molecule has 0 aliphatic carbocycles. The fourth-order valence-electron chi connectivity index (χ4n) is 3.63. The van der Waals surface area contributed by atoms with Crippen LogP contribution in [0.15, 0.2) is 42.5 Å². The molecule has 2 unspecified atom stereocenters. The van der Waals surface area contributed by atoms with Crippen molar-refractivity contribution in [1.82, 2.24) is 10.3 Å². The SMILES string of the molecule is N#Cc1ccc(-c2cccc(OC3CC4CCC(C3)N4)n2)cc1. The van der Waals surface area contributed by atoms with Crippen molar-refractivity contribution < 1.29 is 4.74 Å². The van der Waals surface area contributed by atoms with Crippen LogP contribution in [-0.2, 0) is 0 Å². The lowest BCUT2D eigenvalue weighted by molar-refractivity contribution is 0.132. The summed E-state index contributed by atoms with van der Waals surface area (Å²) < 4.78 is 6.14. The Bertz CT molecular complexity index is 723. The molecule has 1 aromatic heterocycles. The number of ether oxygens (including phenoxy) is 1. The predicted octanol–water partition coefficient (Wildman–Crippen LogP) is 3.28. The van der Waals surface area contributed by atoms with Crippen LogP contribution >= 0.6 is 0 Å². The molecule has 2 saturated heterocycles. The number of pyridine rings is 1. The van der Waals surface area contributed by atoms with Crippen molar-refractivity contribution in [1.29, 1.82) is 5.26 Å². The van der Waals surface area contributed by atoms with Crippen molar-refractivity contribution in [3.63, 3.8) is 0 Å². The number of benzene rings is 1. The molecule has 2 aliphatic heterocycles. The lowest BCUT2D eigenvalue weighted by Gasteiger charge is -2.29. The van der Waals surface area contributed by atoms with E-state index in [0.29, 0.717) is 23.5 Å². The van der Waals surface area contributed by atoms with Gasteiger partial charge in [0.1, 0.15) is 6.10 Å². The smallest absolute Gasteiger partial charge is 0.214 e. The Kier molecular flexibility index (Phi) is 3.72. The second-order valence-corrected chi connectivity index (χ2v) is 6.40. The first-order valence-electron chi connectivity index (χ1n) is 8.20. The summed E-state index contributed by atoms with van der Waals surface area (Å²) in [6.45, 7) is 0. The van der Waals surface area contributed by atoms with Gasteiger partial charge in [-0.2, -0.15) is 5.26 Å². The lowest BCUT2D eigenvalue weighted by atomic mass is 10.0. The fourth-order valence-corrected chi connectivity index (χ4v) is 3.63. The number of hydrogen-bond donors (Lipinski definition) is 1. The van der Waals surface area contributed by atoms with Crippen molar-refractivity contribution >= 4 is 0 Å². The first-order chi connectivity index (χ1) is 11.3. The molecule has 1 aromatic carbocycles. The van der Waals surface area contributed by atoms with Crippen LogP contribution in [0.2, 0.25) is 0 Å². The number of piperidine rings is 1. The molecule has 0 radical (unpaired) electrons. The molecule has 4 rings (SSSR count). The number of hydrogen-bond acceptors (Lipinski definition) is 4. The molecular formula is C19H19N3O. The number of aromatic nitrogens is 1. The van der Waals surface area contributed by atoms with E-state index in [1.807, 2.05) is 42.5 Å². The summed E-state index contributed by atoms with van der Waals surface area (Å²) in [7, 11) is 0. The third kappa shape index (κ3) is 3.06. The highest BCUT2D eigenvalue weighted by molar-refractivity contribution is 5.60. The van der Waals surface area contributed by atoms with Gasteiger partial charge in [0, 0.05) is 23.7 Å². The van der Waals surface area contributed by atoms with Crippen molar-refractivity contribution in [3.8, 4) is 23.2 Å². The monoisotopic (exact) mass is 305 g/mol. The van der Waals surface area contributed by atoms with Gasteiger partial charge in [0.15, 0.2) is 0 Å². The number of nitriles is 1. The molecule has 2 bridgehead atoms. The van der Waals surface area contributed by atoms with E-state index in [1.54, 1.807) is 0 Å². The maximum atomic E-state index is 8.88. The van der Waals surface area contributed by atoms with Gasteiger partial charge >= 0.3 is 0 Å². The highest BCUT2D eigenvalue weighted by Gasteiger charge is 2.34. The fraction of sp³-hybridized carbons (Fsp3) is 0.368. The van der Waals surface area contributed by atoms with E-state index in [4.69, 9.17) is 10.00 Å². The Morgan fingerprint density at radius 1 is 1.04 bits per heavy atom.